The van der Waals surface area contributed by atoms with Crippen molar-refractivity contribution < 1.29 is 4.39 Å². The van der Waals surface area contributed by atoms with Gasteiger partial charge in [0.25, 0.3) is 0 Å². The molecule has 0 bridgehead atoms. The van der Waals surface area contributed by atoms with Crippen LogP contribution in [0.4, 0.5) is 10.1 Å². The zero-order chi connectivity index (χ0) is 15.0. The van der Waals surface area contributed by atoms with Crippen molar-refractivity contribution in [2.24, 2.45) is 4.99 Å². The lowest BCUT2D eigenvalue weighted by Gasteiger charge is -2.13. The van der Waals surface area contributed by atoms with Crippen molar-refractivity contribution >= 4 is 23.0 Å². The minimum Gasteiger partial charge on any atom is -0.357 e. The lowest BCUT2D eigenvalue weighted by molar-refractivity contribution is 0.618. The number of halogens is 2. The molecule has 0 unspecified atom stereocenters. The molecule has 2 aromatic carbocycles. The summed E-state index contributed by atoms with van der Waals surface area (Å²) in [5, 5.41) is 3.78. The van der Waals surface area contributed by atoms with Crippen LogP contribution in [-0.4, -0.2) is 12.3 Å². The second-order valence-corrected chi connectivity index (χ2v) is 5.43. The first-order valence-electron chi connectivity index (χ1n) is 6.61. The molecule has 4 heteroatoms. The predicted octanol–water partition coefficient (Wildman–Crippen LogP) is 4.56. The number of anilines is 1. The Hall–Kier alpha value is -2.13. The number of nitrogens with one attached hydrogen (secondary N) is 1. The monoisotopic (exact) mass is 300 g/mol. The van der Waals surface area contributed by atoms with Gasteiger partial charge < -0.3 is 5.32 Å². The van der Waals surface area contributed by atoms with Gasteiger partial charge >= 0.3 is 0 Å². The molecule has 0 amide bonds. The second-order valence-electron chi connectivity index (χ2n) is 5.02. The first kappa shape index (κ1) is 13.8. The number of benzodiazepines with no additional fused rings is 1. The average Bonchev–Trinajstić information content (AvgIpc) is 2.59. The maximum absolute atomic E-state index is 14.0. The molecule has 0 aliphatic carbocycles. The molecule has 0 aromatic heterocycles. The summed E-state index contributed by atoms with van der Waals surface area (Å²) < 4.78 is 14.0. The fraction of sp³-hybridized carbons (Fsp3) is 0.118. The zero-order valence-corrected chi connectivity index (χ0v) is 12.3. The number of aryl methyl sites for hydroxylation is 1. The molecule has 1 N–H and O–H groups in total. The molecule has 0 saturated carbocycles. The van der Waals surface area contributed by atoms with Gasteiger partial charge in [0.2, 0.25) is 0 Å². The number of rotatable bonds is 1. The number of hydrogen-bond acceptors (Lipinski definition) is 2. The van der Waals surface area contributed by atoms with Crippen LogP contribution < -0.4 is 5.32 Å². The van der Waals surface area contributed by atoms with Crippen LogP contribution in [-0.2, 0) is 0 Å². The normalized spacial score (nSPS) is 14.0. The summed E-state index contributed by atoms with van der Waals surface area (Å²) in [7, 11) is 0. The van der Waals surface area contributed by atoms with E-state index in [1.54, 1.807) is 19.1 Å². The van der Waals surface area contributed by atoms with E-state index in [1.165, 1.54) is 6.07 Å². The van der Waals surface area contributed by atoms with E-state index in [4.69, 9.17) is 11.6 Å². The highest BCUT2D eigenvalue weighted by Gasteiger charge is 2.19. The third kappa shape index (κ3) is 2.57. The summed E-state index contributed by atoms with van der Waals surface area (Å²) in [6.07, 6.45) is 0. The Balaban J connectivity index is 2.25. The maximum Gasteiger partial charge on any atom is 0.126 e. The topological polar surface area (TPSA) is 24.4 Å². The lowest BCUT2D eigenvalue weighted by atomic mass is 9.99. The molecule has 2 aromatic rings. The number of benzene rings is 2. The summed E-state index contributed by atoms with van der Waals surface area (Å²) in [5.74, 6) is -0.261. The van der Waals surface area contributed by atoms with Crippen molar-refractivity contribution in [3.05, 3.63) is 76.2 Å². The van der Waals surface area contributed by atoms with Crippen LogP contribution in [0.15, 0.2) is 53.7 Å². The molecule has 0 radical (unpaired) electrons. The highest BCUT2D eigenvalue weighted by atomic mass is 35.5. The Morgan fingerprint density at radius 3 is 2.76 bits per heavy atom. The summed E-state index contributed by atoms with van der Waals surface area (Å²) in [6, 6.07) is 10.7. The smallest absolute Gasteiger partial charge is 0.126 e. The average molecular weight is 301 g/mol. The number of nitrogens with zero attached hydrogens (tertiary/aromatic N) is 1. The molecule has 0 saturated heterocycles. The van der Waals surface area contributed by atoms with Crippen LogP contribution in [0.2, 0.25) is 5.02 Å². The largest absolute Gasteiger partial charge is 0.357 e. The van der Waals surface area contributed by atoms with E-state index in [-0.39, 0.29) is 5.82 Å². The Bertz CT molecular complexity index is 765. The Morgan fingerprint density at radius 1 is 1.24 bits per heavy atom. The van der Waals surface area contributed by atoms with E-state index < -0.39 is 0 Å². The van der Waals surface area contributed by atoms with Crippen molar-refractivity contribution in [2.45, 2.75) is 6.92 Å². The van der Waals surface area contributed by atoms with E-state index in [1.807, 2.05) is 18.2 Å². The van der Waals surface area contributed by atoms with Gasteiger partial charge in [-0.15, -0.1) is 0 Å². The van der Waals surface area contributed by atoms with Crippen LogP contribution in [0.25, 0.3) is 0 Å². The van der Waals surface area contributed by atoms with Gasteiger partial charge in [0.1, 0.15) is 5.82 Å². The number of aliphatic imine (C=N–C) groups is 1. The number of hydrogen-bond donors (Lipinski definition) is 1. The van der Waals surface area contributed by atoms with E-state index in [0.29, 0.717) is 28.4 Å². The zero-order valence-electron chi connectivity index (χ0n) is 11.6. The van der Waals surface area contributed by atoms with Crippen LogP contribution in [0, 0.1) is 12.7 Å². The Morgan fingerprint density at radius 2 is 2.00 bits per heavy atom. The first-order chi connectivity index (χ1) is 10.1. The molecule has 1 heterocycles. The van der Waals surface area contributed by atoms with E-state index >= 15 is 0 Å². The SMILES string of the molecule is C=C1CN=C(c2ccccc2Cl)c2cc(F)c(C)cc2N1. The Kier molecular flexibility index (Phi) is 3.52. The fourth-order valence-electron chi connectivity index (χ4n) is 2.35. The van der Waals surface area contributed by atoms with Gasteiger partial charge in [0.15, 0.2) is 0 Å². The Labute approximate surface area is 128 Å². The molecule has 1 aliphatic heterocycles. The molecule has 0 spiro atoms. The highest BCUT2D eigenvalue weighted by molar-refractivity contribution is 6.35. The van der Waals surface area contributed by atoms with E-state index in [2.05, 4.69) is 16.9 Å². The molecular weight excluding hydrogens is 287 g/mol. The third-order valence-electron chi connectivity index (χ3n) is 3.42. The predicted molar refractivity (Wildman–Crippen MR) is 85.9 cm³/mol. The van der Waals surface area contributed by atoms with Crippen LogP contribution in [0.3, 0.4) is 0 Å². The summed E-state index contributed by atoms with van der Waals surface area (Å²) >= 11 is 6.27. The van der Waals surface area contributed by atoms with Gasteiger partial charge in [0, 0.05) is 27.5 Å². The summed E-state index contributed by atoms with van der Waals surface area (Å²) in [5.41, 5.74) is 4.32. The quantitative estimate of drug-likeness (QED) is 0.820. The van der Waals surface area contributed by atoms with E-state index in [0.717, 1.165) is 16.9 Å². The van der Waals surface area contributed by atoms with Crippen molar-refractivity contribution in [2.75, 3.05) is 11.9 Å². The maximum atomic E-state index is 14.0. The second kappa shape index (κ2) is 5.34. The molecule has 0 atom stereocenters. The van der Waals surface area contributed by atoms with E-state index in [9.17, 15) is 4.39 Å². The lowest BCUT2D eigenvalue weighted by Crippen LogP contribution is -2.07. The van der Waals surface area contributed by atoms with Crippen molar-refractivity contribution in [3.8, 4) is 0 Å². The first-order valence-corrected chi connectivity index (χ1v) is 6.98. The van der Waals surface area contributed by atoms with Gasteiger partial charge in [-0.2, -0.15) is 0 Å². The molecule has 106 valence electrons. The van der Waals surface area contributed by atoms with Gasteiger partial charge in [-0.1, -0.05) is 36.4 Å². The van der Waals surface area contributed by atoms with Crippen LogP contribution >= 0.6 is 11.6 Å². The molecule has 2 nitrogen and oxygen atoms in total. The van der Waals surface area contributed by atoms with Gasteiger partial charge in [-0.3, -0.25) is 4.99 Å². The van der Waals surface area contributed by atoms with Crippen molar-refractivity contribution in [1.29, 1.82) is 0 Å². The molecule has 21 heavy (non-hydrogen) atoms. The van der Waals surface area contributed by atoms with Crippen molar-refractivity contribution in [3.63, 3.8) is 0 Å². The fourth-order valence-corrected chi connectivity index (χ4v) is 2.58. The number of fused-ring (bicyclic) bond motifs is 1. The molecule has 3 rings (SSSR count). The highest BCUT2D eigenvalue weighted by Crippen LogP contribution is 2.29. The minimum atomic E-state index is -0.261. The third-order valence-corrected chi connectivity index (χ3v) is 3.75. The summed E-state index contributed by atoms with van der Waals surface area (Å²) in [6.45, 7) is 6.09. The van der Waals surface area contributed by atoms with Gasteiger partial charge in [0.05, 0.1) is 12.3 Å². The minimum absolute atomic E-state index is 0.261. The standard InChI is InChI=1S/C17H14ClFN2/c1-10-7-16-13(8-15(10)19)17(20-9-11(2)21-16)12-5-3-4-6-14(12)18/h3-8,21H,2,9H2,1H3. The van der Waals surface area contributed by atoms with Crippen molar-refractivity contribution in [1.82, 2.24) is 0 Å². The van der Waals surface area contributed by atoms with Gasteiger partial charge in [-0.05, 0) is 30.7 Å². The summed E-state index contributed by atoms with van der Waals surface area (Å²) in [4.78, 5) is 4.55. The molecule has 1 aliphatic rings. The molecular formula is C17H14ClFN2. The van der Waals surface area contributed by atoms with Crippen LogP contribution in [0.5, 0.6) is 0 Å². The van der Waals surface area contributed by atoms with Gasteiger partial charge in [-0.25, -0.2) is 4.39 Å². The molecule has 0 fully saturated rings. The van der Waals surface area contributed by atoms with Crippen LogP contribution in [0.1, 0.15) is 16.7 Å².